The molecule has 0 saturated heterocycles. The van der Waals surface area contributed by atoms with Gasteiger partial charge in [-0.1, -0.05) is 0 Å². The maximum absolute atomic E-state index is 13.6. The number of hydrogen-bond donors (Lipinski definition) is 2. The summed E-state index contributed by atoms with van der Waals surface area (Å²) in [5, 5.41) is 2.61. The quantitative estimate of drug-likeness (QED) is 0.893. The number of nitrogens with one attached hydrogen (secondary N) is 2. The number of rotatable bonds is 2. The average Bonchev–Trinajstić information content (AvgIpc) is 2.52. The molecule has 1 amide bonds. The van der Waals surface area contributed by atoms with E-state index in [1.54, 1.807) is 6.07 Å². The van der Waals surface area contributed by atoms with E-state index in [4.69, 9.17) is 0 Å². The standard InChI is InChI=1S/C16H17F2N3O2/c1-19-15(23)14-13-10(4-6-20-14)21-11(7-12(13)22)9-3-2-5-16(17,18)8-9/h4,6-7,9H,2-3,5,8H2,1H3,(H,19,23)(H,21,22)/t9-/m0/s1. The monoisotopic (exact) mass is 321 g/mol. The number of amides is 1. The van der Waals surface area contributed by atoms with Crippen molar-refractivity contribution in [1.29, 1.82) is 0 Å². The van der Waals surface area contributed by atoms with Crippen molar-refractivity contribution >= 4 is 16.8 Å². The summed E-state index contributed by atoms with van der Waals surface area (Å²) in [6, 6.07) is 2.90. The van der Waals surface area contributed by atoms with E-state index in [2.05, 4.69) is 15.3 Å². The molecule has 0 bridgehead atoms. The summed E-state index contributed by atoms with van der Waals surface area (Å²) in [4.78, 5) is 31.2. The van der Waals surface area contributed by atoms with Crippen molar-refractivity contribution in [2.45, 2.75) is 37.5 Å². The minimum atomic E-state index is -2.69. The van der Waals surface area contributed by atoms with Crippen molar-refractivity contribution in [2.24, 2.45) is 0 Å². The number of alkyl halides is 2. The predicted octanol–water partition coefficient (Wildman–Crippen LogP) is 2.58. The van der Waals surface area contributed by atoms with Gasteiger partial charge in [0.25, 0.3) is 5.91 Å². The molecule has 7 heteroatoms. The van der Waals surface area contributed by atoms with Gasteiger partial charge in [-0.2, -0.15) is 0 Å². The van der Waals surface area contributed by atoms with Gasteiger partial charge in [0.05, 0.1) is 10.9 Å². The highest BCUT2D eigenvalue weighted by Crippen LogP contribution is 2.41. The molecule has 0 radical (unpaired) electrons. The van der Waals surface area contributed by atoms with Crippen molar-refractivity contribution in [2.75, 3.05) is 7.05 Å². The minimum Gasteiger partial charge on any atom is -0.358 e. The molecule has 1 fully saturated rings. The number of hydrogen-bond acceptors (Lipinski definition) is 3. The zero-order valence-corrected chi connectivity index (χ0v) is 12.7. The smallest absolute Gasteiger partial charge is 0.270 e. The Labute approximate surface area is 131 Å². The third-order valence-corrected chi connectivity index (χ3v) is 4.29. The molecule has 122 valence electrons. The SMILES string of the molecule is CNC(=O)c1nccc2[nH]c([C@H]3CCCC(F)(F)C3)cc(=O)c12. The Morgan fingerprint density at radius 2 is 2.26 bits per heavy atom. The zero-order valence-electron chi connectivity index (χ0n) is 12.7. The largest absolute Gasteiger partial charge is 0.358 e. The van der Waals surface area contributed by atoms with Gasteiger partial charge in [-0.05, 0) is 18.9 Å². The van der Waals surface area contributed by atoms with Crippen LogP contribution in [-0.2, 0) is 0 Å². The second-order valence-corrected chi connectivity index (χ2v) is 5.90. The number of carbonyl (C=O) groups is 1. The van der Waals surface area contributed by atoms with E-state index < -0.39 is 11.8 Å². The van der Waals surface area contributed by atoms with Gasteiger partial charge in [0, 0.05) is 43.8 Å². The van der Waals surface area contributed by atoms with E-state index in [0.29, 0.717) is 24.1 Å². The summed E-state index contributed by atoms with van der Waals surface area (Å²) in [7, 11) is 1.45. The van der Waals surface area contributed by atoms with Gasteiger partial charge in [-0.3, -0.25) is 14.6 Å². The molecule has 2 N–H and O–H groups in total. The number of carbonyl (C=O) groups excluding carboxylic acids is 1. The van der Waals surface area contributed by atoms with Crippen molar-refractivity contribution < 1.29 is 13.6 Å². The summed E-state index contributed by atoms with van der Waals surface area (Å²) < 4.78 is 27.2. The van der Waals surface area contributed by atoms with Crippen LogP contribution in [0.25, 0.3) is 10.9 Å². The molecule has 0 unspecified atom stereocenters. The first-order chi connectivity index (χ1) is 10.9. The molecule has 2 aromatic heterocycles. The van der Waals surface area contributed by atoms with Gasteiger partial charge in [-0.25, -0.2) is 8.78 Å². The van der Waals surface area contributed by atoms with E-state index in [0.717, 1.165) is 0 Å². The molecule has 1 aliphatic carbocycles. The molecule has 1 atom stereocenters. The topological polar surface area (TPSA) is 74.8 Å². The number of fused-ring (bicyclic) bond motifs is 1. The fourth-order valence-electron chi connectivity index (χ4n) is 3.17. The minimum absolute atomic E-state index is 0.0341. The summed E-state index contributed by atoms with van der Waals surface area (Å²) in [5.74, 6) is -3.54. The van der Waals surface area contributed by atoms with E-state index in [9.17, 15) is 18.4 Å². The van der Waals surface area contributed by atoms with E-state index in [1.165, 1.54) is 19.3 Å². The number of halogens is 2. The Hall–Kier alpha value is -2.31. The molecule has 0 aliphatic heterocycles. The summed E-state index contributed by atoms with van der Waals surface area (Å²) in [5.41, 5.74) is 0.590. The Bertz CT molecular complexity index is 817. The Morgan fingerprint density at radius 1 is 1.48 bits per heavy atom. The third-order valence-electron chi connectivity index (χ3n) is 4.29. The van der Waals surface area contributed by atoms with Gasteiger partial charge in [0.1, 0.15) is 5.69 Å². The fourth-order valence-corrected chi connectivity index (χ4v) is 3.17. The molecule has 2 heterocycles. The van der Waals surface area contributed by atoms with Crippen LogP contribution >= 0.6 is 0 Å². The van der Waals surface area contributed by atoms with Crippen LogP contribution in [0.4, 0.5) is 8.78 Å². The van der Waals surface area contributed by atoms with E-state index >= 15 is 0 Å². The van der Waals surface area contributed by atoms with Crippen LogP contribution in [0.5, 0.6) is 0 Å². The number of aromatic nitrogens is 2. The van der Waals surface area contributed by atoms with Crippen LogP contribution < -0.4 is 10.7 Å². The molecular weight excluding hydrogens is 304 g/mol. The Kier molecular flexibility index (Phi) is 3.87. The lowest BCUT2D eigenvalue weighted by molar-refractivity contribution is -0.0412. The Morgan fingerprint density at radius 3 is 2.96 bits per heavy atom. The maximum atomic E-state index is 13.6. The zero-order chi connectivity index (χ0) is 16.6. The van der Waals surface area contributed by atoms with E-state index in [-0.39, 0.29) is 35.3 Å². The molecule has 1 saturated carbocycles. The maximum Gasteiger partial charge on any atom is 0.270 e. The van der Waals surface area contributed by atoms with Crippen molar-refractivity contribution in [1.82, 2.24) is 15.3 Å². The number of pyridine rings is 2. The van der Waals surface area contributed by atoms with Crippen LogP contribution in [0.2, 0.25) is 0 Å². The van der Waals surface area contributed by atoms with Crippen molar-refractivity contribution in [3.63, 3.8) is 0 Å². The van der Waals surface area contributed by atoms with Gasteiger partial charge >= 0.3 is 0 Å². The highest BCUT2D eigenvalue weighted by Gasteiger charge is 2.37. The van der Waals surface area contributed by atoms with Gasteiger partial charge < -0.3 is 10.3 Å². The second kappa shape index (κ2) is 5.72. The van der Waals surface area contributed by atoms with Crippen molar-refractivity contribution in [3.8, 4) is 0 Å². The molecule has 0 spiro atoms. The first kappa shape index (κ1) is 15.6. The first-order valence-corrected chi connectivity index (χ1v) is 7.53. The molecule has 0 aromatic carbocycles. The average molecular weight is 321 g/mol. The molecule has 3 rings (SSSR count). The second-order valence-electron chi connectivity index (χ2n) is 5.90. The highest BCUT2D eigenvalue weighted by atomic mass is 19.3. The first-order valence-electron chi connectivity index (χ1n) is 7.53. The molecular formula is C16H17F2N3O2. The summed E-state index contributed by atoms with van der Waals surface area (Å²) in [6.45, 7) is 0. The van der Waals surface area contributed by atoms with E-state index in [1.807, 2.05) is 0 Å². The van der Waals surface area contributed by atoms with Crippen LogP contribution in [0, 0.1) is 0 Å². The highest BCUT2D eigenvalue weighted by molar-refractivity contribution is 6.04. The third kappa shape index (κ3) is 2.95. The van der Waals surface area contributed by atoms with Gasteiger partial charge in [0.2, 0.25) is 5.92 Å². The van der Waals surface area contributed by atoms with Crippen LogP contribution in [0.3, 0.4) is 0 Å². The lowest BCUT2D eigenvalue weighted by Crippen LogP contribution is -2.26. The fraction of sp³-hybridized carbons (Fsp3) is 0.438. The molecule has 23 heavy (non-hydrogen) atoms. The van der Waals surface area contributed by atoms with Crippen LogP contribution in [-0.4, -0.2) is 28.8 Å². The number of aromatic amines is 1. The van der Waals surface area contributed by atoms with Crippen LogP contribution in [0.15, 0.2) is 23.1 Å². The number of H-pyrrole nitrogens is 1. The summed E-state index contributed by atoms with van der Waals surface area (Å²) in [6.07, 6.45) is 2.10. The van der Waals surface area contributed by atoms with Crippen molar-refractivity contribution in [3.05, 3.63) is 39.9 Å². The Balaban J connectivity index is 2.09. The summed E-state index contributed by atoms with van der Waals surface area (Å²) >= 11 is 0. The molecule has 5 nitrogen and oxygen atoms in total. The number of nitrogens with zero attached hydrogens (tertiary/aromatic N) is 1. The predicted molar refractivity (Wildman–Crippen MR) is 81.9 cm³/mol. The lowest BCUT2D eigenvalue weighted by Gasteiger charge is -2.29. The van der Waals surface area contributed by atoms with Gasteiger partial charge in [-0.15, -0.1) is 0 Å². The molecule has 1 aliphatic rings. The van der Waals surface area contributed by atoms with Gasteiger partial charge in [0.15, 0.2) is 5.43 Å². The lowest BCUT2D eigenvalue weighted by atomic mass is 9.84. The molecule has 2 aromatic rings. The normalized spacial score (nSPS) is 20.4. The van der Waals surface area contributed by atoms with Crippen LogP contribution in [0.1, 0.15) is 47.8 Å².